The molecule has 0 radical (unpaired) electrons. The molecular weight excluding hydrogens is 264 g/mol. The summed E-state index contributed by atoms with van der Waals surface area (Å²) in [5.74, 6) is 0.958. The van der Waals surface area contributed by atoms with Crippen LogP contribution in [0.3, 0.4) is 0 Å². The van der Waals surface area contributed by atoms with E-state index >= 15 is 0 Å². The molecule has 1 atom stereocenters. The van der Waals surface area contributed by atoms with Crippen LogP contribution in [0.15, 0.2) is 0 Å². The summed E-state index contributed by atoms with van der Waals surface area (Å²) < 4.78 is 5.90. The lowest BCUT2D eigenvalue weighted by Crippen LogP contribution is -2.61. The first kappa shape index (κ1) is 15.3. The Morgan fingerprint density at radius 1 is 1.24 bits per heavy atom. The summed E-state index contributed by atoms with van der Waals surface area (Å²) in [7, 11) is 0. The van der Waals surface area contributed by atoms with E-state index in [1.54, 1.807) is 0 Å². The smallest absolute Gasteiger partial charge is 0.243 e. The van der Waals surface area contributed by atoms with Crippen LogP contribution in [0.1, 0.15) is 66.2 Å². The van der Waals surface area contributed by atoms with Crippen molar-refractivity contribution in [2.75, 3.05) is 13.2 Å². The van der Waals surface area contributed by atoms with Gasteiger partial charge in [0.1, 0.15) is 0 Å². The van der Waals surface area contributed by atoms with Gasteiger partial charge < -0.3 is 9.64 Å². The number of hydrogen-bond acceptors (Lipinski definition) is 3. The first-order chi connectivity index (χ1) is 9.74. The summed E-state index contributed by atoms with van der Waals surface area (Å²) in [4.78, 5) is 15.1. The maximum absolute atomic E-state index is 12.9. The molecule has 1 aliphatic carbocycles. The van der Waals surface area contributed by atoms with Crippen molar-refractivity contribution in [2.45, 2.75) is 83.0 Å². The standard InChI is InChI=1S/C17H30N2O2/c1-15(2)12-17(9-10-21-15)18-16(3,4)14(20)19(17)11-13-7-5-6-8-13/h13,18H,5-12H2,1-4H3. The zero-order valence-electron chi connectivity index (χ0n) is 14.0. The van der Waals surface area contributed by atoms with Gasteiger partial charge in [0.25, 0.3) is 0 Å². The molecule has 0 aromatic heterocycles. The lowest BCUT2D eigenvalue weighted by molar-refractivity contribution is -0.146. The molecule has 3 fully saturated rings. The van der Waals surface area contributed by atoms with Crippen molar-refractivity contribution in [3.63, 3.8) is 0 Å². The van der Waals surface area contributed by atoms with Crippen molar-refractivity contribution in [1.29, 1.82) is 0 Å². The SMILES string of the molecule is CC1(C)CC2(CCO1)NC(C)(C)C(=O)N2CC1CCCC1. The van der Waals surface area contributed by atoms with Crippen LogP contribution in [0.4, 0.5) is 0 Å². The topological polar surface area (TPSA) is 41.6 Å². The summed E-state index contributed by atoms with van der Waals surface area (Å²) in [6.45, 7) is 9.97. The number of nitrogens with one attached hydrogen (secondary N) is 1. The van der Waals surface area contributed by atoms with E-state index in [1.807, 2.05) is 13.8 Å². The molecule has 3 rings (SSSR count). The lowest BCUT2D eigenvalue weighted by Gasteiger charge is -2.48. The van der Waals surface area contributed by atoms with Crippen LogP contribution in [-0.2, 0) is 9.53 Å². The molecule has 21 heavy (non-hydrogen) atoms. The second-order valence-electron chi connectivity index (χ2n) is 8.38. The molecule has 1 saturated carbocycles. The fourth-order valence-corrected chi connectivity index (χ4v) is 4.62. The Morgan fingerprint density at radius 3 is 2.52 bits per heavy atom. The minimum atomic E-state index is -0.452. The second kappa shape index (κ2) is 4.95. The minimum Gasteiger partial charge on any atom is -0.375 e. The largest absolute Gasteiger partial charge is 0.375 e. The molecule has 2 saturated heterocycles. The minimum absolute atomic E-state index is 0.167. The molecule has 120 valence electrons. The van der Waals surface area contributed by atoms with Gasteiger partial charge >= 0.3 is 0 Å². The number of rotatable bonds is 2. The average molecular weight is 294 g/mol. The van der Waals surface area contributed by atoms with Crippen molar-refractivity contribution in [3.05, 3.63) is 0 Å². The van der Waals surface area contributed by atoms with E-state index in [0.29, 0.717) is 5.92 Å². The van der Waals surface area contributed by atoms with E-state index in [9.17, 15) is 4.79 Å². The Labute approximate surface area is 128 Å². The Kier molecular flexibility index (Phi) is 3.61. The Bertz CT molecular complexity index is 427. The Balaban J connectivity index is 1.86. The van der Waals surface area contributed by atoms with Gasteiger partial charge in [-0.2, -0.15) is 0 Å². The van der Waals surface area contributed by atoms with Crippen LogP contribution >= 0.6 is 0 Å². The van der Waals surface area contributed by atoms with E-state index in [-0.39, 0.29) is 17.2 Å². The van der Waals surface area contributed by atoms with E-state index in [2.05, 4.69) is 24.1 Å². The van der Waals surface area contributed by atoms with Crippen LogP contribution in [-0.4, -0.2) is 40.8 Å². The highest BCUT2D eigenvalue weighted by molar-refractivity contribution is 5.88. The van der Waals surface area contributed by atoms with E-state index in [1.165, 1.54) is 25.7 Å². The molecule has 0 aromatic carbocycles. The van der Waals surface area contributed by atoms with Gasteiger partial charge in [0.2, 0.25) is 5.91 Å². The van der Waals surface area contributed by atoms with Crippen LogP contribution in [0.2, 0.25) is 0 Å². The fraction of sp³-hybridized carbons (Fsp3) is 0.941. The molecule has 0 aromatic rings. The fourth-order valence-electron chi connectivity index (χ4n) is 4.62. The van der Waals surface area contributed by atoms with Gasteiger partial charge in [-0.15, -0.1) is 0 Å². The summed E-state index contributed by atoms with van der Waals surface area (Å²) in [5, 5.41) is 3.67. The third-order valence-electron chi connectivity index (χ3n) is 5.48. The van der Waals surface area contributed by atoms with Crippen molar-refractivity contribution in [2.24, 2.45) is 5.92 Å². The molecule has 4 nitrogen and oxygen atoms in total. The summed E-state index contributed by atoms with van der Waals surface area (Å²) in [6, 6.07) is 0. The highest BCUT2D eigenvalue weighted by atomic mass is 16.5. The summed E-state index contributed by atoms with van der Waals surface area (Å²) in [6.07, 6.45) is 6.98. The molecule has 2 aliphatic heterocycles. The molecule has 1 unspecified atom stereocenters. The molecule has 3 aliphatic rings. The van der Waals surface area contributed by atoms with Crippen LogP contribution in [0.25, 0.3) is 0 Å². The van der Waals surface area contributed by atoms with Gasteiger partial charge in [-0.05, 0) is 46.5 Å². The van der Waals surface area contributed by atoms with Gasteiger partial charge in [0, 0.05) is 19.4 Å². The number of nitrogens with zero attached hydrogens (tertiary/aromatic N) is 1. The Morgan fingerprint density at radius 2 is 1.90 bits per heavy atom. The first-order valence-corrected chi connectivity index (χ1v) is 8.50. The summed E-state index contributed by atoms with van der Waals surface area (Å²) >= 11 is 0. The van der Waals surface area contributed by atoms with Crippen molar-refractivity contribution in [3.8, 4) is 0 Å². The normalized spacial score (nSPS) is 35.8. The van der Waals surface area contributed by atoms with Crippen molar-refractivity contribution in [1.82, 2.24) is 10.2 Å². The van der Waals surface area contributed by atoms with Crippen LogP contribution in [0.5, 0.6) is 0 Å². The van der Waals surface area contributed by atoms with Gasteiger partial charge in [0.05, 0.1) is 23.4 Å². The molecule has 1 amide bonds. The molecule has 1 N–H and O–H groups in total. The number of amides is 1. The van der Waals surface area contributed by atoms with Crippen molar-refractivity contribution < 1.29 is 9.53 Å². The molecule has 4 heteroatoms. The predicted molar refractivity (Wildman–Crippen MR) is 82.9 cm³/mol. The number of hydrogen-bond donors (Lipinski definition) is 1. The van der Waals surface area contributed by atoms with E-state index in [0.717, 1.165) is 26.0 Å². The molecular formula is C17H30N2O2. The average Bonchev–Trinajstić information content (AvgIpc) is 2.90. The molecule has 2 heterocycles. The van der Waals surface area contributed by atoms with Crippen molar-refractivity contribution >= 4 is 5.91 Å². The number of carbonyl (C=O) groups is 1. The number of ether oxygens (including phenoxy) is 1. The highest BCUT2D eigenvalue weighted by Crippen LogP contribution is 2.42. The Hall–Kier alpha value is -0.610. The highest BCUT2D eigenvalue weighted by Gasteiger charge is 2.57. The predicted octanol–water partition coefficient (Wildman–Crippen LogP) is 2.67. The zero-order valence-corrected chi connectivity index (χ0v) is 14.0. The van der Waals surface area contributed by atoms with Gasteiger partial charge in [-0.3, -0.25) is 10.1 Å². The third kappa shape index (κ3) is 2.72. The van der Waals surface area contributed by atoms with Crippen LogP contribution in [0, 0.1) is 5.92 Å². The summed E-state index contributed by atoms with van der Waals surface area (Å²) in [5.41, 5.74) is -0.823. The van der Waals surface area contributed by atoms with Gasteiger partial charge in [0.15, 0.2) is 0 Å². The van der Waals surface area contributed by atoms with E-state index < -0.39 is 5.54 Å². The van der Waals surface area contributed by atoms with Crippen LogP contribution < -0.4 is 5.32 Å². The quantitative estimate of drug-likeness (QED) is 0.851. The maximum atomic E-state index is 12.9. The maximum Gasteiger partial charge on any atom is 0.243 e. The third-order valence-corrected chi connectivity index (χ3v) is 5.48. The van der Waals surface area contributed by atoms with Gasteiger partial charge in [-0.25, -0.2) is 0 Å². The lowest BCUT2D eigenvalue weighted by atomic mass is 9.86. The second-order valence-corrected chi connectivity index (χ2v) is 8.38. The molecule has 0 bridgehead atoms. The zero-order chi connectivity index (χ0) is 15.3. The monoisotopic (exact) mass is 294 g/mol. The number of carbonyl (C=O) groups excluding carboxylic acids is 1. The first-order valence-electron chi connectivity index (χ1n) is 8.50. The van der Waals surface area contributed by atoms with Gasteiger partial charge in [-0.1, -0.05) is 12.8 Å². The molecule has 1 spiro atoms. The van der Waals surface area contributed by atoms with E-state index in [4.69, 9.17) is 4.74 Å².